The number of aliphatic hydroxyl groups is 1. The van der Waals surface area contributed by atoms with Gasteiger partial charge < -0.3 is 19.6 Å². The van der Waals surface area contributed by atoms with Crippen molar-refractivity contribution in [1.29, 1.82) is 0 Å². The van der Waals surface area contributed by atoms with Crippen LogP contribution in [0, 0.1) is 40.3 Å². The molecule has 10 heteroatoms. The van der Waals surface area contributed by atoms with Crippen molar-refractivity contribution < 1.29 is 23.8 Å². The standard InChI is InChI=1S/C45H59FN4O5/c1-44-19-17-31(51)28-30(44)12-13-34-36-14-16-40(45(36,2)20-18-37(34)44)55-25-7-3-4-10-41(52)49-21-23-50(24-22-49)43(54)35-26-29(11-15-38(35)46)27-39-32-8-5-6-9-33(32)42(53)48-47-39/h5-6,8-9,11,15,26,30-31,34,36-37,40,51H,3-4,7,10,12-14,16-25,27-28H2,1-2H3,(H,48,53)/t30-,31?,34-,36-,37-,40?,44-,45-/m0/s1. The van der Waals surface area contributed by atoms with Crippen molar-refractivity contribution in [1.82, 2.24) is 20.0 Å². The van der Waals surface area contributed by atoms with Crippen molar-refractivity contribution in [2.75, 3.05) is 32.8 Å². The number of H-pyrrole nitrogens is 1. The van der Waals surface area contributed by atoms with Crippen molar-refractivity contribution in [3.63, 3.8) is 0 Å². The molecule has 8 atom stereocenters. The molecule has 8 rings (SSSR count). The summed E-state index contributed by atoms with van der Waals surface area (Å²) in [6.45, 7) is 7.42. The van der Waals surface area contributed by atoms with Gasteiger partial charge in [0.15, 0.2) is 0 Å². The lowest BCUT2D eigenvalue weighted by Crippen LogP contribution is -2.54. The summed E-state index contributed by atoms with van der Waals surface area (Å²) in [7, 11) is 0. The molecule has 1 aliphatic heterocycles. The number of rotatable bonds is 10. The van der Waals surface area contributed by atoms with E-state index in [9.17, 15) is 23.9 Å². The SMILES string of the molecule is C[C@]12CCC(O)C[C@@H]1CC[C@@H]1[C@@H]2CC[C@]2(C)C(OCCCCCC(=O)N3CCN(C(=O)c4cc(Cc5n[nH]c(=O)c6ccccc56)ccc4F)CC3)CC[C@@H]12. The number of hydrogen-bond donors (Lipinski definition) is 2. The molecule has 5 fully saturated rings. The number of benzene rings is 2. The molecule has 4 aliphatic carbocycles. The van der Waals surface area contributed by atoms with Gasteiger partial charge in [-0.25, -0.2) is 9.49 Å². The van der Waals surface area contributed by atoms with Crippen LogP contribution >= 0.6 is 0 Å². The van der Waals surface area contributed by atoms with Gasteiger partial charge in [-0.1, -0.05) is 44.5 Å². The van der Waals surface area contributed by atoms with Gasteiger partial charge in [0.2, 0.25) is 5.91 Å². The molecule has 0 spiro atoms. The molecule has 55 heavy (non-hydrogen) atoms. The quantitative estimate of drug-likeness (QED) is 0.210. The second-order valence-corrected chi connectivity index (χ2v) is 18.1. The minimum atomic E-state index is -0.581. The maximum atomic E-state index is 15.0. The second-order valence-electron chi connectivity index (χ2n) is 18.1. The topological polar surface area (TPSA) is 116 Å². The lowest BCUT2D eigenvalue weighted by molar-refractivity contribution is -0.141. The van der Waals surface area contributed by atoms with Crippen LogP contribution in [-0.2, 0) is 16.0 Å². The normalized spacial score (nSPS) is 31.9. The monoisotopic (exact) mass is 754 g/mol. The number of aromatic nitrogens is 2. The average Bonchev–Trinajstić information content (AvgIpc) is 3.54. The number of unbranched alkanes of at least 4 members (excludes halogenated alkanes) is 2. The van der Waals surface area contributed by atoms with Gasteiger partial charge in [0, 0.05) is 51.0 Å². The molecule has 3 aromatic rings. The van der Waals surface area contributed by atoms with E-state index < -0.39 is 5.82 Å². The summed E-state index contributed by atoms with van der Waals surface area (Å²) in [6, 6.07) is 11.7. The summed E-state index contributed by atoms with van der Waals surface area (Å²) < 4.78 is 21.6. The molecule has 5 aliphatic rings. The molecular weight excluding hydrogens is 696 g/mol. The number of hydrogen-bond acceptors (Lipinski definition) is 6. The van der Waals surface area contributed by atoms with E-state index >= 15 is 0 Å². The summed E-state index contributed by atoms with van der Waals surface area (Å²) in [6.07, 6.45) is 14.6. The first-order valence-electron chi connectivity index (χ1n) is 21.2. The highest BCUT2D eigenvalue weighted by Gasteiger charge is 2.60. The number of aromatic amines is 1. The Hall–Kier alpha value is -3.63. The number of fused-ring (bicyclic) bond motifs is 6. The van der Waals surface area contributed by atoms with Crippen molar-refractivity contribution >= 4 is 22.6 Å². The Bertz CT molecular complexity index is 1940. The minimum absolute atomic E-state index is 0.00507. The number of carbonyl (C=O) groups excluding carboxylic acids is 2. The van der Waals surface area contributed by atoms with Crippen LogP contribution < -0.4 is 5.56 Å². The van der Waals surface area contributed by atoms with Crippen molar-refractivity contribution in [3.05, 3.63) is 75.5 Å². The van der Waals surface area contributed by atoms with Crippen LogP contribution in [0.1, 0.15) is 119 Å². The van der Waals surface area contributed by atoms with E-state index in [0.717, 1.165) is 67.4 Å². The number of amides is 2. The Morgan fingerprint density at radius 2 is 1.64 bits per heavy atom. The van der Waals surface area contributed by atoms with E-state index in [0.29, 0.717) is 67.5 Å². The Morgan fingerprint density at radius 3 is 2.45 bits per heavy atom. The van der Waals surface area contributed by atoms with Crippen LogP contribution in [0.3, 0.4) is 0 Å². The van der Waals surface area contributed by atoms with E-state index in [-0.39, 0.29) is 34.5 Å². The molecule has 2 heterocycles. The number of halogens is 1. The lowest BCUT2D eigenvalue weighted by Gasteiger charge is -2.60. The molecule has 2 N–H and O–H groups in total. The van der Waals surface area contributed by atoms with Crippen LogP contribution in [0.4, 0.5) is 4.39 Å². The highest BCUT2D eigenvalue weighted by molar-refractivity contribution is 5.95. The zero-order valence-corrected chi connectivity index (χ0v) is 32.7. The summed E-state index contributed by atoms with van der Waals surface area (Å²) >= 11 is 0. The van der Waals surface area contributed by atoms with Crippen molar-refractivity contribution in [3.8, 4) is 0 Å². The van der Waals surface area contributed by atoms with E-state index in [4.69, 9.17) is 4.74 Å². The minimum Gasteiger partial charge on any atom is -0.393 e. The van der Waals surface area contributed by atoms with Gasteiger partial charge in [0.1, 0.15) is 5.82 Å². The average molecular weight is 755 g/mol. The Balaban J connectivity index is 0.760. The lowest BCUT2D eigenvalue weighted by atomic mass is 9.45. The Labute approximate surface area is 324 Å². The summed E-state index contributed by atoms with van der Waals surface area (Å²) in [5.74, 6) is 2.21. The van der Waals surface area contributed by atoms with Crippen LogP contribution in [-0.4, -0.2) is 81.9 Å². The highest BCUT2D eigenvalue weighted by atomic mass is 19.1. The molecule has 4 saturated carbocycles. The van der Waals surface area contributed by atoms with Crippen LogP contribution in [0.15, 0.2) is 47.3 Å². The van der Waals surface area contributed by atoms with Gasteiger partial charge in [0.25, 0.3) is 11.5 Å². The smallest absolute Gasteiger partial charge is 0.272 e. The molecule has 1 saturated heterocycles. The largest absolute Gasteiger partial charge is 0.393 e. The highest BCUT2D eigenvalue weighted by Crippen LogP contribution is 2.66. The zero-order valence-electron chi connectivity index (χ0n) is 32.7. The molecule has 296 valence electrons. The fourth-order valence-corrected chi connectivity index (χ4v) is 12.1. The van der Waals surface area contributed by atoms with E-state index in [1.807, 2.05) is 17.0 Å². The molecule has 1 aromatic heterocycles. The molecule has 2 unspecified atom stereocenters. The van der Waals surface area contributed by atoms with Gasteiger partial charge >= 0.3 is 0 Å². The second kappa shape index (κ2) is 15.7. The molecular formula is C45H59FN4O5. The number of aliphatic hydroxyl groups excluding tert-OH is 1. The Kier molecular flexibility index (Phi) is 10.9. The van der Waals surface area contributed by atoms with Crippen molar-refractivity contribution in [2.24, 2.45) is 34.5 Å². The molecule has 9 nitrogen and oxygen atoms in total. The number of piperazine rings is 1. The van der Waals surface area contributed by atoms with Gasteiger partial charge in [-0.15, -0.1) is 0 Å². The van der Waals surface area contributed by atoms with Crippen LogP contribution in [0.2, 0.25) is 0 Å². The zero-order chi connectivity index (χ0) is 38.3. The van der Waals surface area contributed by atoms with Gasteiger partial charge in [-0.2, -0.15) is 5.10 Å². The summed E-state index contributed by atoms with van der Waals surface area (Å²) in [4.78, 5) is 42.2. The Morgan fingerprint density at radius 1 is 0.891 bits per heavy atom. The van der Waals surface area contributed by atoms with Gasteiger partial charge in [-0.05, 0) is 129 Å². The first-order valence-corrected chi connectivity index (χ1v) is 21.2. The first kappa shape index (κ1) is 38.3. The third kappa shape index (κ3) is 7.38. The maximum Gasteiger partial charge on any atom is 0.272 e. The summed E-state index contributed by atoms with van der Waals surface area (Å²) in [5, 5.41) is 18.4. The van der Waals surface area contributed by atoms with Gasteiger partial charge in [0.05, 0.1) is 28.9 Å². The molecule has 0 bridgehead atoms. The van der Waals surface area contributed by atoms with E-state index in [2.05, 4.69) is 24.0 Å². The fourth-order valence-electron chi connectivity index (χ4n) is 12.1. The fraction of sp³-hybridized carbons (Fsp3) is 0.644. The maximum absolute atomic E-state index is 15.0. The van der Waals surface area contributed by atoms with E-state index in [1.54, 1.807) is 29.2 Å². The van der Waals surface area contributed by atoms with Crippen LogP contribution in [0.5, 0.6) is 0 Å². The van der Waals surface area contributed by atoms with Crippen molar-refractivity contribution in [2.45, 2.75) is 116 Å². The number of carbonyl (C=O) groups is 2. The third-order valence-electron chi connectivity index (χ3n) is 15.2. The number of ether oxygens (including phenoxy) is 1. The third-order valence-corrected chi connectivity index (χ3v) is 15.2. The molecule has 0 radical (unpaired) electrons. The predicted octanol–water partition coefficient (Wildman–Crippen LogP) is 7.29. The molecule has 2 amide bonds. The number of nitrogens with one attached hydrogen (secondary N) is 1. The summed E-state index contributed by atoms with van der Waals surface area (Å²) in [5.41, 5.74) is 1.77. The van der Waals surface area contributed by atoms with E-state index in [1.165, 1.54) is 51.0 Å². The number of nitrogens with zero attached hydrogens (tertiary/aromatic N) is 3. The van der Waals surface area contributed by atoms with Crippen LogP contribution in [0.25, 0.3) is 10.8 Å². The first-order chi connectivity index (χ1) is 26.5. The molecule has 2 aromatic carbocycles. The predicted molar refractivity (Wildman–Crippen MR) is 210 cm³/mol. The van der Waals surface area contributed by atoms with Gasteiger partial charge in [-0.3, -0.25) is 14.4 Å².